The van der Waals surface area contributed by atoms with Crippen LogP contribution in [0.25, 0.3) is 11.6 Å². The van der Waals surface area contributed by atoms with E-state index >= 15 is 0 Å². The van der Waals surface area contributed by atoms with Crippen molar-refractivity contribution in [2.45, 2.75) is 53.1 Å². The number of rotatable bonds is 7. The Labute approximate surface area is 246 Å². The molecule has 1 N–H and O–H groups in total. The van der Waals surface area contributed by atoms with Crippen LogP contribution in [0.3, 0.4) is 0 Å². The van der Waals surface area contributed by atoms with Crippen molar-refractivity contribution in [1.29, 1.82) is 0 Å². The fourth-order valence-electron chi connectivity index (χ4n) is 5.45. The van der Waals surface area contributed by atoms with Crippen molar-refractivity contribution in [3.8, 4) is 0 Å². The van der Waals surface area contributed by atoms with E-state index in [0.29, 0.717) is 16.6 Å². The number of carboxylic acids is 1. The predicted octanol–water partition coefficient (Wildman–Crippen LogP) is 7.91. The highest BCUT2D eigenvalue weighted by Crippen LogP contribution is 2.42. The third-order valence-corrected chi connectivity index (χ3v) is 8.52. The summed E-state index contributed by atoms with van der Waals surface area (Å²) in [5.74, 6) is -1.10. The van der Waals surface area contributed by atoms with Gasteiger partial charge in [0, 0.05) is 17.8 Å². The lowest BCUT2D eigenvalue weighted by atomic mass is 9.86. The minimum atomic E-state index is -0.979. The highest BCUT2D eigenvalue weighted by atomic mass is 32.2. The number of carbonyl (C=O) groups is 2. The molecule has 0 bridgehead atoms. The quantitative estimate of drug-likeness (QED) is 0.295. The van der Waals surface area contributed by atoms with E-state index in [-0.39, 0.29) is 17.0 Å². The topological polar surface area (TPSA) is 73.2 Å². The standard InChI is InChI=1S/C34H35N3O3S/c1-6-16-37-29-17-22(2)26(18-28(29)23(3)20-34(37,4)5)19-30-31(38)36(21-24-12-14-25(15-13-24)32(39)40)33(41-30)35-27-10-8-7-9-11-27/h7-15,17-20H,6,16,21H2,1-5H3,(H,39,40)/b30-19+,35-33?. The van der Waals surface area contributed by atoms with Crippen molar-refractivity contribution < 1.29 is 14.7 Å². The number of aryl methyl sites for hydroxylation is 1. The molecular weight excluding hydrogens is 530 g/mol. The SMILES string of the molecule is CCCN1c2cc(C)c(/C=C3/SC(=Nc4ccccc4)N(Cc4ccc(C(=O)O)cc4)C3=O)cc2C(C)=CC1(C)C. The van der Waals surface area contributed by atoms with Crippen LogP contribution < -0.4 is 4.90 Å². The molecule has 2 aliphatic heterocycles. The molecule has 1 amide bonds. The maximum Gasteiger partial charge on any atom is 0.335 e. The summed E-state index contributed by atoms with van der Waals surface area (Å²) in [6, 6.07) is 20.7. The number of thioether (sulfide) groups is 1. The molecule has 1 saturated heterocycles. The summed E-state index contributed by atoms with van der Waals surface area (Å²) in [6.07, 6.45) is 5.37. The molecule has 6 nitrogen and oxygen atoms in total. The first-order valence-corrected chi connectivity index (χ1v) is 14.7. The molecule has 0 saturated carbocycles. The number of amidine groups is 1. The molecule has 0 atom stereocenters. The highest BCUT2D eigenvalue weighted by molar-refractivity contribution is 8.18. The maximum absolute atomic E-state index is 13.8. The smallest absolute Gasteiger partial charge is 0.335 e. The Kier molecular flexibility index (Phi) is 7.91. The van der Waals surface area contributed by atoms with E-state index in [0.717, 1.165) is 35.3 Å². The fourth-order valence-corrected chi connectivity index (χ4v) is 6.44. The van der Waals surface area contributed by atoms with Gasteiger partial charge in [0.2, 0.25) is 0 Å². The molecule has 2 aliphatic rings. The lowest BCUT2D eigenvalue weighted by Gasteiger charge is -2.43. The summed E-state index contributed by atoms with van der Waals surface area (Å²) in [4.78, 5) is 34.7. The van der Waals surface area contributed by atoms with Gasteiger partial charge in [-0.3, -0.25) is 9.69 Å². The van der Waals surface area contributed by atoms with Crippen LogP contribution in [0.5, 0.6) is 0 Å². The summed E-state index contributed by atoms with van der Waals surface area (Å²) in [7, 11) is 0. The van der Waals surface area contributed by atoms with Crippen LogP contribution >= 0.6 is 11.8 Å². The van der Waals surface area contributed by atoms with Crippen LogP contribution in [-0.2, 0) is 11.3 Å². The summed E-state index contributed by atoms with van der Waals surface area (Å²) < 4.78 is 0. The summed E-state index contributed by atoms with van der Waals surface area (Å²) in [6.45, 7) is 12.2. The normalized spacial score (nSPS) is 18.2. The van der Waals surface area contributed by atoms with E-state index in [1.165, 1.54) is 28.6 Å². The molecule has 7 heteroatoms. The molecule has 3 aromatic carbocycles. The second-order valence-electron chi connectivity index (χ2n) is 11.1. The van der Waals surface area contributed by atoms with Crippen LogP contribution in [0.15, 0.2) is 82.7 Å². The molecule has 0 spiro atoms. The zero-order chi connectivity index (χ0) is 29.3. The number of aliphatic imine (C=N–C) groups is 1. The second-order valence-corrected chi connectivity index (χ2v) is 12.1. The largest absolute Gasteiger partial charge is 0.478 e. The number of allylic oxidation sites excluding steroid dienone is 1. The first-order valence-electron chi connectivity index (χ1n) is 13.9. The monoisotopic (exact) mass is 565 g/mol. The molecule has 5 rings (SSSR count). The van der Waals surface area contributed by atoms with E-state index in [9.17, 15) is 14.7 Å². The minimum Gasteiger partial charge on any atom is -0.478 e. The average molecular weight is 566 g/mol. The first-order chi connectivity index (χ1) is 19.6. The Morgan fingerprint density at radius 2 is 1.76 bits per heavy atom. The van der Waals surface area contributed by atoms with Crippen LogP contribution in [0.1, 0.15) is 66.7 Å². The van der Waals surface area contributed by atoms with Crippen molar-refractivity contribution in [3.05, 3.63) is 106 Å². The maximum atomic E-state index is 13.8. The molecule has 0 aromatic heterocycles. The third-order valence-electron chi connectivity index (χ3n) is 7.51. The van der Waals surface area contributed by atoms with Gasteiger partial charge in [0.05, 0.1) is 28.2 Å². The van der Waals surface area contributed by atoms with Gasteiger partial charge < -0.3 is 10.0 Å². The third kappa shape index (κ3) is 5.86. The van der Waals surface area contributed by atoms with Crippen molar-refractivity contribution in [1.82, 2.24) is 4.90 Å². The Balaban J connectivity index is 1.53. The summed E-state index contributed by atoms with van der Waals surface area (Å²) >= 11 is 1.37. The zero-order valence-electron chi connectivity index (χ0n) is 24.1. The molecule has 0 radical (unpaired) electrons. The molecule has 210 valence electrons. The van der Waals surface area contributed by atoms with Crippen LogP contribution in [0.4, 0.5) is 11.4 Å². The van der Waals surface area contributed by atoms with Crippen molar-refractivity contribution >= 4 is 51.8 Å². The highest BCUT2D eigenvalue weighted by Gasteiger charge is 2.35. The van der Waals surface area contributed by atoms with Gasteiger partial charge in [-0.05, 0) is 111 Å². The molecule has 41 heavy (non-hydrogen) atoms. The lowest BCUT2D eigenvalue weighted by Crippen LogP contribution is -2.45. The van der Waals surface area contributed by atoms with Crippen molar-refractivity contribution in [2.75, 3.05) is 11.4 Å². The number of carbonyl (C=O) groups excluding carboxylic acids is 1. The van der Waals surface area contributed by atoms with Crippen LogP contribution in [0, 0.1) is 6.92 Å². The molecule has 1 fully saturated rings. The van der Waals surface area contributed by atoms with Crippen molar-refractivity contribution in [2.24, 2.45) is 4.99 Å². The summed E-state index contributed by atoms with van der Waals surface area (Å²) in [5, 5.41) is 9.86. The number of nitrogens with zero attached hydrogens (tertiary/aromatic N) is 3. The van der Waals surface area contributed by atoms with Gasteiger partial charge in [-0.25, -0.2) is 9.79 Å². The summed E-state index contributed by atoms with van der Waals surface area (Å²) in [5.41, 5.74) is 7.52. The Hall–Kier alpha value is -4.10. The number of hydrogen-bond donors (Lipinski definition) is 1. The Morgan fingerprint density at radius 1 is 1.05 bits per heavy atom. The molecule has 0 unspecified atom stereocenters. The van der Waals surface area contributed by atoms with Gasteiger partial charge >= 0.3 is 5.97 Å². The molecular formula is C34H35N3O3S. The number of hydrogen-bond acceptors (Lipinski definition) is 5. The fraction of sp³-hybridized carbons (Fsp3) is 0.265. The van der Waals surface area contributed by atoms with E-state index in [1.807, 2.05) is 36.4 Å². The molecule has 0 aliphatic carbocycles. The number of benzene rings is 3. The number of amides is 1. The number of para-hydroxylation sites is 1. The first kappa shape index (κ1) is 28.4. The van der Waals surface area contributed by atoms with Gasteiger partial charge in [-0.1, -0.05) is 43.3 Å². The van der Waals surface area contributed by atoms with Gasteiger partial charge in [0.25, 0.3) is 5.91 Å². The van der Waals surface area contributed by atoms with Gasteiger partial charge in [-0.15, -0.1) is 0 Å². The number of anilines is 1. The van der Waals surface area contributed by atoms with E-state index in [4.69, 9.17) is 4.99 Å². The van der Waals surface area contributed by atoms with Gasteiger partial charge in [0.1, 0.15) is 0 Å². The Morgan fingerprint density at radius 3 is 2.41 bits per heavy atom. The zero-order valence-corrected chi connectivity index (χ0v) is 25.0. The lowest BCUT2D eigenvalue weighted by molar-refractivity contribution is -0.122. The number of aromatic carboxylic acids is 1. The minimum absolute atomic E-state index is 0.0667. The van der Waals surface area contributed by atoms with Crippen molar-refractivity contribution in [3.63, 3.8) is 0 Å². The second kappa shape index (κ2) is 11.4. The van der Waals surface area contributed by atoms with Crippen LogP contribution in [0.2, 0.25) is 0 Å². The van der Waals surface area contributed by atoms with E-state index < -0.39 is 5.97 Å². The predicted molar refractivity (Wildman–Crippen MR) is 170 cm³/mol. The van der Waals surface area contributed by atoms with Gasteiger partial charge in [0.15, 0.2) is 5.17 Å². The number of carboxylic acid groups (broad SMARTS) is 1. The number of fused-ring (bicyclic) bond motifs is 1. The van der Waals surface area contributed by atoms with Crippen LogP contribution in [-0.4, -0.2) is 39.1 Å². The molecule has 2 heterocycles. The van der Waals surface area contributed by atoms with E-state index in [1.54, 1.807) is 29.2 Å². The van der Waals surface area contributed by atoms with E-state index in [2.05, 4.69) is 57.7 Å². The molecule has 3 aromatic rings. The Bertz CT molecular complexity index is 1590. The average Bonchev–Trinajstić information content (AvgIpc) is 3.21. The van der Waals surface area contributed by atoms with Gasteiger partial charge in [-0.2, -0.15) is 0 Å².